The molecule has 0 aromatic heterocycles. The van der Waals surface area contributed by atoms with Gasteiger partial charge in [-0.2, -0.15) is 0 Å². The summed E-state index contributed by atoms with van der Waals surface area (Å²) in [6, 6.07) is 5.89. The summed E-state index contributed by atoms with van der Waals surface area (Å²) in [7, 11) is 0. The summed E-state index contributed by atoms with van der Waals surface area (Å²) in [6.45, 7) is 3.23. The van der Waals surface area contributed by atoms with Gasteiger partial charge in [0.25, 0.3) is 0 Å². The number of ether oxygens (including phenoxy) is 1. The number of carbonyl (C=O) groups is 1. The number of nitrogens with two attached hydrogens (primary N) is 1. The maximum absolute atomic E-state index is 11.9. The highest BCUT2D eigenvalue weighted by molar-refractivity contribution is 5.91. The first-order chi connectivity index (χ1) is 8.69. The number of carbonyl (C=O) groups excluding carboxylic acids is 1. The van der Waals surface area contributed by atoms with Crippen LogP contribution in [0.4, 0.5) is 5.69 Å². The fraction of sp³-hybridized carbons (Fsp3) is 0.500. The van der Waals surface area contributed by atoms with Crippen molar-refractivity contribution in [3.05, 3.63) is 29.3 Å². The van der Waals surface area contributed by atoms with E-state index >= 15 is 0 Å². The average Bonchev–Trinajstić information content (AvgIpc) is 2.84. The van der Waals surface area contributed by atoms with Crippen LogP contribution in [0, 0.1) is 6.92 Å². The zero-order chi connectivity index (χ0) is 13.0. The first-order valence-electron chi connectivity index (χ1n) is 6.40. The first-order valence-corrected chi connectivity index (χ1v) is 6.40. The molecule has 1 saturated heterocycles. The molecule has 0 saturated carbocycles. The number of hydrogen-bond acceptors (Lipinski definition) is 3. The molecule has 2 rings (SSSR count). The van der Waals surface area contributed by atoms with Gasteiger partial charge in [0.2, 0.25) is 5.91 Å². The van der Waals surface area contributed by atoms with E-state index in [0.29, 0.717) is 13.0 Å². The number of amides is 1. The second-order valence-electron chi connectivity index (χ2n) is 4.74. The van der Waals surface area contributed by atoms with Crippen LogP contribution in [0.25, 0.3) is 0 Å². The molecule has 98 valence electrons. The Labute approximate surface area is 108 Å². The molecular formula is C14H20N2O2. The van der Waals surface area contributed by atoms with E-state index in [1.54, 1.807) is 0 Å². The Hall–Kier alpha value is -1.39. The van der Waals surface area contributed by atoms with Gasteiger partial charge in [-0.3, -0.25) is 4.79 Å². The van der Waals surface area contributed by atoms with Gasteiger partial charge in [0.05, 0.1) is 12.5 Å². The van der Waals surface area contributed by atoms with Crippen LogP contribution >= 0.6 is 0 Å². The van der Waals surface area contributed by atoms with Gasteiger partial charge < -0.3 is 15.8 Å². The van der Waals surface area contributed by atoms with Gasteiger partial charge in [-0.05, 0) is 37.0 Å². The molecule has 0 radical (unpaired) electrons. The molecule has 1 aliphatic rings. The van der Waals surface area contributed by atoms with Crippen molar-refractivity contribution < 1.29 is 9.53 Å². The summed E-state index contributed by atoms with van der Waals surface area (Å²) < 4.78 is 5.46. The molecule has 1 aliphatic heterocycles. The Morgan fingerprint density at radius 1 is 1.56 bits per heavy atom. The summed E-state index contributed by atoms with van der Waals surface area (Å²) in [6.07, 6.45) is 2.56. The predicted octanol–water partition coefficient (Wildman–Crippen LogP) is 1.96. The summed E-state index contributed by atoms with van der Waals surface area (Å²) in [5.41, 5.74) is 8.52. The van der Waals surface area contributed by atoms with Crippen molar-refractivity contribution in [2.24, 2.45) is 5.73 Å². The van der Waals surface area contributed by atoms with Crippen molar-refractivity contribution in [2.75, 3.05) is 11.9 Å². The van der Waals surface area contributed by atoms with Crippen molar-refractivity contribution in [3.63, 3.8) is 0 Å². The van der Waals surface area contributed by atoms with Crippen molar-refractivity contribution in [2.45, 2.75) is 38.8 Å². The average molecular weight is 248 g/mol. The molecule has 18 heavy (non-hydrogen) atoms. The molecule has 4 nitrogen and oxygen atoms in total. The van der Waals surface area contributed by atoms with E-state index in [-0.39, 0.29) is 12.0 Å². The summed E-state index contributed by atoms with van der Waals surface area (Å²) in [5.74, 6) is 0.0131. The molecule has 1 amide bonds. The fourth-order valence-corrected chi connectivity index (χ4v) is 2.14. The topological polar surface area (TPSA) is 64.3 Å². The lowest BCUT2D eigenvalue weighted by Gasteiger charge is -2.12. The molecule has 1 atom stereocenters. The molecule has 4 heteroatoms. The van der Waals surface area contributed by atoms with Crippen LogP contribution < -0.4 is 11.1 Å². The molecule has 1 fully saturated rings. The molecular weight excluding hydrogens is 228 g/mol. The number of benzene rings is 1. The number of hydrogen-bond donors (Lipinski definition) is 2. The smallest absolute Gasteiger partial charge is 0.226 e. The molecule has 1 heterocycles. The van der Waals surface area contributed by atoms with Gasteiger partial charge in [0.1, 0.15) is 0 Å². The minimum absolute atomic E-state index is 0.0131. The monoisotopic (exact) mass is 248 g/mol. The van der Waals surface area contributed by atoms with Crippen LogP contribution in [0.3, 0.4) is 0 Å². The Morgan fingerprint density at radius 2 is 2.39 bits per heavy atom. The van der Waals surface area contributed by atoms with Crippen LogP contribution in [0.5, 0.6) is 0 Å². The summed E-state index contributed by atoms with van der Waals surface area (Å²) >= 11 is 0. The molecule has 3 N–H and O–H groups in total. The molecule has 1 aromatic rings. The number of rotatable bonds is 4. The summed E-state index contributed by atoms with van der Waals surface area (Å²) in [5, 5.41) is 2.94. The van der Waals surface area contributed by atoms with Crippen molar-refractivity contribution in [1.82, 2.24) is 0 Å². The largest absolute Gasteiger partial charge is 0.378 e. The Kier molecular flexibility index (Phi) is 4.33. The van der Waals surface area contributed by atoms with Crippen molar-refractivity contribution in [3.8, 4) is 0 Å². The highest BCUT2D eigenvalue weighted by Gasteiger charge is 2.19. The second-order valence-corrected chi connectivity index (χ2v) is 4.74. The highest BCUT2D eigenvalue weighted by atomic mass is 16.5. The zero-order valence-electron chi connectivity index (χ0n) is 10.7. The third kappa shape index (κ3) is 3.31. The quantitative estimate of drug-likeness (QED) is 0.856. The lowest BCUT2D eigenvalue weighted by atomic mass is 10.1. The van der Waals surface area contributed by atoms with E-state index in [2.05, 4.69) is 5.32 Å². The SMILES string of the molecule is Cc1ccc(CN)cc1NC(=O)CC1CCCO1. The lowest BCUT2D eigenvalue weighted by molar-refractivity contribution is -0.118. The maximum atomic E-state index is 11.9. The summed E-state index contributed by atoms with van der Waals surface area (Å²) in [4.78, 5) is 11.9. The van der Waals surface area contributed by atoms with Gasteiger partial charge in [0.15, 0.2) is 0 Å². The van der Waals surface area contributed by atoms with E-state index in [1.807, 2.05) is 25.1 Å². The molecule has 1 aromatic carbocycles. The fourth-order valence-electron chi connectivity index (χ4n) is 2.14. The van der Waals surface area contributed by atoms with Gasteiger partial charge >= 0.3 is 0 Å². The number of nitrogens with one attached hydrogen (secondary N) is 1. The third-order valence-corrected chi connectivity index (χ3v) is 3.25. The zero-order valence-corrected chi connectivity index (χ0v) is 10.7. The maximum Gasteiger partial charge on any atom is 0.226 e. The van der Waals surface area contributed by atoms with Gasteiger partial charge in [-0.25, -0.2) is 0 Å². The minimum Gasteiger partial charge on any atom is -0.378 e. The van der Waals surface area contributed by atoms with Crippen LogP contribution in [0.1, 0.15) is 30.4 Å². The third-order valence-electron chi connectivity index (χ3n) is 3.25. The van der Waals surface area contributed by atoms with E-state index in [1.165, 1.54) is 0 Å². The van der Waals surface area contributed by atoms with Gasteiger partial charge in [0, 0.05) is 18.8 Å². The minimum atomic E-state index is 0.0131. The molecule has 0 spiro atoms. The predicted molar refractivity (Wildman–Crippen MR) is 71.3 cm³/mol. The van der Waals surface area contributed by atoms with Crippen LogP contribution in [-0.2, 0) is 16.1 Å². The van der Waals surface area contributed by atoms with E-state index in [4.69, 9.17) is 10.5 Å². The Bertz CT molecular complexity index is 426. The number of anilines is 1. The van der Waals surface area contributed by atoms with E-state index < -0.39 is 0 Å². The Balaban J connectivity index is 1.97. The van der Waals surface area contributed by atoms with Crippen LogP contribution in [-0.4, -0.2) is 18.6 Å². The van der Waals surface area contributed by atoms with Crippen molar-refractivity contribution >= 4 is 11.6 Å². The molecule has 0 bridgehead atoms. The normalized spacial score (nSPS) is 18.9. The van der Waals surface area contributed by atoms with Gasteiger partial charge in [-0.1, -0.05) is 12.1 Å². The second kappa shape index (κ2) is 5.98. The van der Waals surface area contributed by atoms with Crippen LogP contribution in [0.2, 0.25) is 0 Å². The first kappa shape index (κ1) is 13.1. The van der Waals surface area contributed by atoms with Crippen molar-refractivity contribution in [1.29, 1.82) is 0 Å². The van der Waals surface area contributed by atoms with Gasteiger partial charge in [-0.15, -0.1) is 0 Å². The van der Waals surface area contributed by atoms with E-state index in [9.17, 15) is 4.79 Å². The Morgan fingerprint density at radius 3 is 3.06 bits per heavy atom. The van der Waals surface area contributed by atoms with Crippen LogP contribution in [0.15, 0.2) is 18.2 Å². The number of aryl methyl sites for hydroxylation is 1. The highest BCUT2D eigenvalue weighted by Crippen LogP contribution is 2.19. The standard InChI is InChI=1S/C14H20N2O2/c1-10-4-5-11(9-15)7-13(10)16-14(17)8-12-3-2-6-18-12/h4-5,7,12H,2-3,6,8-9,15H2,1H3,(H,16,17). The molecule has 0 aliphatic carbocycles. The molecule has 1 unspecified atom stereocenters. The lowest BCUT2D eigenvalue weighted by Crippen LogP contribution is -2.19. The van der Waals surface area contributed by atoms with E-state index in [0.717, 1.165) is 36.3 Å².